The maximum absolute atomic E-state index is 2.99. The standard InChI is InChI=1S/2C13H9.2C13H10.2C5H5.2ClH.2Hf/c2*1-3-7-12-10(5-1)9-11-6-2-4-8-13(11)12;2*1-3-7-12(8-4-1)11-13-9-5-2-6-10-13;2*1-2-4-5-3-1;;;;/h2*1-9H;2*1-10H;2*1-3H,4H2;2*1H;;/q2*-1;;;2*-1;;;2*+2. The van der Waals surface area contributed by atoms with E-state index in [0.717, 1.165) is 60.6 Å². The van der Waals surface area contributed by atoms with Gasteiger partial charge in [0.15, 0.2) is 0 Å². The molecule has 320 valence electrons. The summed E-state index contributed by atoms with van der Waals surface area (Å²) < 4.78 is 2.93. The number of hydrogen-bond donors (Lipinski definition) is 0. The van der Waals surface area contributed by atoms with Crippen molar-refractivity contribution in [3.8, 4) is 0 Å². The van der Waals surface area contributed by atoms with Gasteiger partial charge >= 0.3 is 198 Å². The molecule has 66 heavy (non-hydrogen) atoms. The third kappa shape index (κ3) is 15.3. The Bertz CT molecular complexity index is 2700. The van der Waals surface area contributed by atoms with Gasteiger partial charge in [0, 0.05) is 0 Å². The van der Waals surface area contributed by atoms with Crippen LogP contribution in [0.25, 0.3) is 43.1 Å². The van der Waals surface area contributed by atoms with Crippen LogP contribution in [0.3, 0.4) is 0 Å². The Labute approximate surface area is 432 Å². The first kappa shape index (κ1) is 51.5. The molecule has 0 amide bonds. The van der Waals surface area contributed by atoms with Crippen LogP contribution >= 0.6 is 24.8 Å². The van der Waals surface area contributed by atoms with Gasteiger partial charge in [-0.2, -0.15) is 12.2 Å². The molecule has 0 heterocycles. The molecule has 2 aliphatic carbocycles. The summed E-state index contributed by atoms with van der Waals surface area (Å²) in [5, 5.41) is 10.8. The first-order valence-corrected chi connectivity index (χ1v) is 25.1. The Hall–Kier alpha value is -5.48. The van der Waals surface area contributed by atoms with Crippen LogP contribution in [-0.4, -0.2) is 6.51 Å². The van der Waals surface area contributed by atoms with Crippen LogP contribution in [0.2, 0.25) is 0 Å². The van der Waals surface area contributed by atoms with Crippen LogP contribution in [0, 0.1) is 12.2 Å². The van der Waals surface area contributed by atoms with E-state index in [1.54, 1.807) is 0 Å². The third-order valence-electron chi connectivity index (χ3n) is 10.5. The summed E-state index contributed by atoms with van der Waals surface area (Å²) >= 11 is 2.16. The molecule has 2 aliphatic rings. The molecule has 0 aromatic heterocycles. The molecule has 0 N–H and O–H groups in total. The van der Waals surface area contributed by atoms with Crippen molar-refractivity contribution in [2.45, 2.75) is 12.8 Å². The van der Waals surface area contributed by atoms with Crippen molar-refractivity contribution < 1.29 is 47.8 Å². The quantitative estimate of drug-likeness (QED) is 0.122. The van der Waals surface area contributed by atoms with Crippen molar-refractivity contribution in [3.05, 3.63) is 301 Å². The normalized spacial score (nSPS) is 11.2. The van der Waals surface area contributed by atoms with Crippen molar-refractivity contribution in [2.24, 2.45) is 0 Å². The van der Waals surface area contributed by atoms with E-state index in [1.165, 1.54) is 71.9 Å². The van der Waals surface area contributed by atoms with E-state index >= 15 is 0 Å². The molecule has 4 heteroatoms. The van der Waals surface area contributed by atoms with E-state index in [1.807, 2.05) is 24.3 Å². The van der Waals surface area contributed by atoms with E-state index in [2.05, 4.69) is 255 Å². The smallest absolute Gasteiger partial charge is 0.0771 e. The molecule has 10 aromatic rings. The van der Waals surface area contributed by atoms with E-state index in [0.29, 0.717) is 0 Å². The molecule has 0 atom stereocenters. The molecule has 0 aliphatic heterocycles. The minimum Gasteiger partial charge on any atom is -0.126 e. The summed E-state index contributed by atoms with van der Waals surface area (Å²) in [5.74, 6) is 0. The second-order valence-electron chi connectivity index (χ2n) is 14.9. The second-order valence-corrected chi connectivity index (χ2v) is 18.5. The predicted molar refractivity (Wildman–Crippen MR) is 284 cm³/mol. The Morgan fingerprint density at radius 2 is 0.545 bits per heavy atom. The topological polar surface area (TPSA) is 0 Å². The first-order chi connectivity index (χ1) is 31.7. The monoisotopic (exact) mass is 1220 g/mol. The minimum absolute atomic E-state index is 0. The van der Waals surface area contributed by atoms with Crippen LogP contribution in [0.5, 0.6) is 0 Å². The summed E-state index contributed by atoms with van der Waals surface area (Å²) in [4.78, 5) is 0. The Balaban J connectivity index is 0.000000152. The van der Waals surface area contributed by atoms with Gasteiger partial charge in [0.2, 0.25) is 0 Å². The van der Waals surface area contributed by atoms with Gasteiger partial charge in [-0.3, -0.25) is 12.2 Å². The second kappa shape index (κ2) is 28.5. The molecule has 0 spiro atoms. The van der Waals surface area contributed by atoms with Crippen molar-refractivity contribution in [2.75, 3.05) is 0 Å². The van der Waals surface area contributed by atoms with Crippen LogP contribution < -0.4 is 0 Å². The Kier molecular flexibility index (Phi) is 22.3. The van der Waals surface area contributed by atoms with Crippen LogP contribution in [-0.2, 0) is 47.8 Å². The van der Waals surface area contributed by atoms with Gasteiger partial charge in [0.1, 0.15) is 0 Å². The fourth-order valence-corrected chi connectivity index (χ4v) is 9.64. The van der Waals surface area contributed by atoms with Crippen molar-refractivity contribution in [1.82, 2.24) is 0 Å². The van der Waals surface area contributed by atoms with E-state index in [-0.39, 0.29) is 24.8 Å². The Morgan fingerprint density at radius 3 is 0.742 bits per heavy atom. The maximum atomic E-state index is 2.99. The van der Waals surface area contributed by atoms with Crippen LogP contribution in [0.15, 0.2) is 267 Å². The van der Waals surface area contributed by atoms with Gasteiger partial charge in [-0.15, -0.1) is 117 Å². The number of allylic oxidation sites excluding steroid dienone is 8. The number of hydrogen-bond acceptors (Lipinski definition) is 0. The molecule has 0 fully saturated rings. The molecule has 0 radical (unpaired) electrons. The molecule has 0 nitrogen and oxygen atoms in total. The average molecular weight is 1220 g/mol. The first-order valence-electron chi connectivity index (χ1n) is 21.5. The van der Waals surface area contributed by atoms with Crippen molar-refractivity contribution >= 4 is 74.4 Å². The summed E-state index contributed by atoms with van der Waals surface area (Å²) in [5.41, 5.74) is 5.41. The maximum Gasteiger partial charge on any atom is -0.0771 e. The van der Waals surface area contributed by atoms with Gasteiger partial charge < -0.3 is 0 Å². The summed E-state index contributed by atoms with van der Waals surface area (Å²) in [6.07, 6.45) is 20.0. The minimum atomic E-state index is 0. The van der Waals surface area contributed by atoms with Crippen LogP contribution in [0.1, 0.15) is 35.1 Å². The third-order valence-corrected chi connectivity index (χ3v) is 14.6. The largest absolute Gasteiger partial charge is 0.126 e. The molecule has 0 saturated heterocycles. The number of fused-ring (bicyclic) bond motifs is 6. The zero-order chi connectivity index (χ0) is 44.0. The molecule has 10 aromatic carbocycles. The van der Waals surface area contributed by atoms with Crippen LogP contribution in [0.4, 0.5) is 0 Å². The van der Waals surface area contributed by atoms with Gasteiger partial charge in [0.05, 0.1) is 0 Å². The fourth-order valence-electron chi connectivity index (χ4n) is 7.24. The molecular weight excluding hydrogens is 1170 g/mol. The zero-order valence-corrected chi connectivity index (χ0v) is 45.5. The van der Waals surface area contributed by atoms with Gasteiger partial charge in [-0.1, -0.05) is 72.8 Å². The zero-order valence-electron chi connectivity index (χ0n) is 36.6. The molecule has 0 bridgehead atoms. The average Bonchev–Trinajstić information content (AvgIpc) is 4.25. The summed E-state index contributed by atoms with van der Waals surface area (Å²) in [7, 11) is 0. The summed E-state index contributed by atoms with van der Waals surface area (Å²) in [6, 6.07) is 80.9. The molecule has 0 saturated carbocycles. The van der Waals surface area contributed by atoms with E-state index < -0.39 is 0 Å². The SMILES string of the molecule is Cl.Cl.[C-]1=CC=CC1.[C-]1=CC=CC1.[Hf+2]=[C](c1ccccc1)c1ccccc1.[Hf+2]=[C](c1ccccc1)c1ccccc1.c1ccc2c(c1)[cH-]c1ccccc12.c1ccc2c(c1)[cH-]c1ccccc12. The van der Waals surface area contributed by atoms with Gasteiger partial charge in [-0.05, 0) is 0 Å². The number of halogens is 2. The van der Waals surface area contributed by atoms with Crippen molar-refractivity contribution in [3.63, 3.8) is 0 Å². The van der Waals surface area contributed by atoms with E-state index in [4.69, 9.17) is 0 Å². The van der Waals surface area contributed by atoms with Crippen molar-refractivity contribution in [1.29, 1.82) is 0 Å². The van der Waals surface area contributed by atoms with E-state index in [9.17, 15) is 0 Å². The molecule has 12 rings (SSSR count). The Morgan fingerprint density at radius 1 is 0.318 bits per heavy atom. The molecular formula is C62H50Cl2Hf2. The predicted octanol–water partition coefficient (Wildman–Crippen LogP) is 16.5. The van der Waals surface area contributed by atoms with Gasteiger partial charge in [0.25, 0.3) is 0 Å². The fraction of sp³-hybridized carbons (Fsp3) is 0.0323. The number of rotatable bonds is 4. The number of benzene rings is 8. The molecule has 0 unspecified atom stereocenters. The summed E-state index contributed by atoms with van der Waals surface area (Å²) in [6.45, 7) is 0. The van der Waals surface area contributed by atoms with Gasteiger partial charge in [-0.25, -0.2) is 24.3 Å².